The SMILES string of the molecule is Cc1ccc(C)c(CC(=O)C2C3CCC(C3)C2N)c1. The Labute approximate surface area is 115 Å². The molecule has 1 aromatic rings. The molecule has 102 valence electrons. The quantitative estimate of drug-likeness (QED) is 0.904. The van der Waals surface area contributed by atoms with E-state index in [1.165, 1.54) is 36.0 Å². The summed E-state index contributed by atoms with van der Waals surface area (Å²) in [5, 5.41) is 0. The van der Waals surface area contributed by atoms with Gasteiger partial charge in [-0.1, -0.05) is 23.8 Å². The number of hydrogen-bond donors (Lipinski definition) is 1. The summed E-state index contributed by atoms with van der Waals surface area (Å²) in [5.41, 5.74) is 9.89. The largest absolute Gasteiger partial charge is 0.327 e. The highest BCUT2D eigenvalue weighted by atomic mass is 16.1. The minimum absolute atomic E-state index is 0.122. The number of benzene rings is 1. The Morgan fingerprint density at radius 1 is 1.26 bits per heavy atom. The fourth-order valence-electron chi connectivity index (χ4n) is 4.11. The zero-order chi connectivity index (χ0) is 13.6. The number of rotatable bonds is 3. The van der Waals surface area contributed by atoms with Crippen LogP contribution in [0.3, 0.4) is 0 Å². The van der Waals surface area contributed by atoms with Gasteiger partial charge in [-0.15, -0.1) is 0 Å². The Hall–Kier alpha value is -1.15. The van der Waals surface area contributed by atoms with Crippen LogP contribution in [0.25, 0.3) is 0 Å². The van der Waals surface area contributed by atoms with E-state index in [9.17, 15) is 4.79 Å². The van der Waals surface area contributed by atoms with E-state index in [2.05, 4.69) is 32.0 Å². The standard InChI is InChI=1S/C17H23NO/c1-10-3-4-11(2)14(7-10)9-15(19)16-12-5-6-13(8-12)17(16)18/h3-4,7,12-13,16-17H,5-6,8-9,18H2,1-2H3. The Morgan fingerprint density at radius 3 is 2.68 bits per heavy atom. The Bertz CT molecular complexity index is 506. The molecule has 2 N–H and O–H groups in total. The highest BCUT2D eigenvalue weighted by Crippen LogP contribution is 2.48. The van der Waals surface area contributed by atoms with Gasteiger partial charge in [-0.2, -0.15) is 0 Å². The molecule has 0 saturated heterocycles. The Kier molecular flexibility index (Phi) is 3.22. The van der Waals surface area contributed by atoms with Crippen molar-refractivity contribution in [3.05, 3.63) is 34.9 Å². The molecule has 0 aliphatic heterocycles. The summed E-state index contributed by atoms with van der Waals surface area (Å²) in [6, 6.07) is 6.48. The molecule has 4 unspecified atom stereocenters. The van der Waals surface area contributed by atoms with Gasteiger partial charge in [-0.05, 0) is 56.1 Å². The van der Waals surface area contributed by atoms with Crippen LogP contribution in [0.1, 0.15) is 36.0 Å². The zero-order valence-corrected chi connectivity index (χ0v) is 11.9. The van der Waals surface area contributed by atoms with Crippen molar-refractivity contribution in [2.45, 2.75) is 45.6 Å². The third kappa shape index (κ3) is 2.23. The maximum absolute atomic E-state index is 12.6. The van der Waals surface area contributed by atoms with Crippen LogP contribution >= 0.6 is 0 Å². The van der Waals surface area contributed by atoms with Crippen molar-refractivity contribution < 1.29 is 4.79 Å². The molecule has 0 amide bonds. The summed E-state index contributed by atoms with van der Waals surface area (Å²) in [5.74, 6) is 1.67. The van der Waals surface area contributed by atoms with Crippen molar-refractivity contribution in [2.75, 3.05) is 0 Å². The van der Waals surface area contributed by atoms with E-state index in [-0.39, 0.29) is 12.0 Å². The second-order valence-corrected chi connectivity index (χ2v) is 6.51. The first kappa shape index (κ1) is 12.9. The summed E-state index contributed by atoms with van der Waals surface area (Å²) in [6.07, 6.45) is 4.19. The molecule has 2 heteroatoms. The molecule has 19 heavy (non-hydrogen) atoms. The number of carbonyl (C=O) groups excluding carboxylic acids is 1. The van der Waals surface area contributed by atoms with Gasteiger partial charge >= 0.3 is 0 Å². The highest BCUT2D eigenvalue weighted by Gasteiger charge is 2.48. The van der Waals surface area contributed by atoms with Crippen molar-refractivity contribution >= 4 is 5.78 Å². The van der Waals surface area contributed by atoms with Gasteiger partial charge in [0.25, 0.3) is 0 Å². The minimum atomic E-state index is 0.122. The van der Waals surface area contributed by atoms with E-state index in [0.29, 0.717) is 24.0 Å². The molecule has 2 fully saturated rings. The summed E-state index contributed by atoms with van der Waals surface area (Å²) in [4.78, 5) is 12.6. The first-order valence-corrected chi connectivity index (χ1v) is 7.40. The molecule has 3 rings (SSSR count). The molecule has 0 radical (unpaired) electrons. The summed E-state index contributed by atoms with van der Waals surface area (Å²) in [7, 11) is 0. The van der Waals surface area contributed by atoms with Crippen molar-refractivity contribution in [1.29, 1.82) is 0 Å². The van der Waals surface area contributed by atoms with Crippen LogP contribution in [-0.4, -0.2) is 11.8 Å². The maximum Gasteiger partial charge on any atom is 0.142 e. The minimum Gasteiger partial charge on any atom is -0.327 e. The molecular formula is C17H23NO. The topological polar surface area (TPSA) is 43.1 Å². The lowest BCUT2D eigenvalue weighted by atomic mass is 9.80. The van der Waals surface area contributed by atoms with E-state index in [4.69, 9.17) is 5.73 Å². The van der Waals surface area contributed by atoms with Crippen LogP contribution in [0.2, 0.25) is 0 Å². The fourth-order valence-corrected chi connectivity index (χ4v) is 4.11. The second kappa shape index (κ2) is 4.75. The monoisotopic (exact) mass is 257 g/mol. The van der Waals surface area contributed by atoms with Gasteiger partial charge in [0.1, 0.15) is 5.78 Å². The molecule has 0 heterocycles. The smallest absolute Gasteiger partial charge is 0.142 e. The van der Waals surface area contributed by atoms with Crippen LogP contribution in [0, 0.1) is 31.6 Å². The van der Waals surface area contributed by atoms with Crippen molar-refractivity contribution in [1.82, 2.24) is 0 Å². The lowest BCUT2D eigenvalue weighted by molar-refractivity contribution is -0.124. The summed E-state index contributed by atoms with van der Waals surface area (Å²) in [6.45, 7) is 4.17. The van der Waals surface area contributed by atoms with Crippen molar-refractivity contribution in [3.8, 4) is 0 Å². The molecule has 2 saturated carbocycles. The van der Waals surface area contributed by atoms with Gasteiger partial charge in [0.2, 0.25) is 0 Å². The van der Waals surface area contributed by atoms with Gasteiger partial charge in [-0.3, -0.25) is 4.79 Å². The molecule has 0 spiro atoms. The van der Waals surface area contributed by atoms with Crippen LogP contribution in [-0.2, 0) is 11.2 Å². The van der Waals surface area contributed by atoms with Crippen LogP contribution in [0.4, 0.5) is 0 Å². The number of Topliss-reactive ketones (excluding diaryl/α,β-unsaturated/α-hetero) is 1. The van der Waals surface area contributed by atoms with E-state index >= 15 is 0 Å². The summed E-state index contributed by atoms with van der Waals surface area (Å²) < 4.78 is 0. The molecule has 1 aromatic carbocycles. The van der Waals surface area contributed by atoms with Gasteiger partial charge in [-0.25, -0.2) is 0 Å². The average Bonchev–Trinajstić information content (AvgIpc) is 2.94. The van der Waals surface area contributed by atoms with Crippen LogP contribution in [0.15, 0.2) is 18.2 Å². The first-order valence-electron chi connectivity index (χ1n) is 7.40. The summed E-state index contributed by atoms with van der Waals surface area (Å²) >= 11 is 0. The van der Waals surface area contributed by atoms with Crippen LogP contribution < -0.4 is 5.73 Å². The van der Waals surface area contributed by atoms with Crippen LogP contribution in [0.5, 0.6) is 0 Å². The van der Waals surface area contributed by atoms with Gasteiger partial charge in [0, 0.05) is 18.4 Å². The number of carbonyl (C=O) groups is 1. The first-order chi connectivity index (χ1) is 9.06. The lowest BCUT2D eigenvalue weighted by Crippen LogP contribution is -2.40. The average molecular weight is 257 g/mol. The van der Waals surface area contributed by atoms with Gasteiger partial charge in [0.15, 0.2) is 0 Å². The Morgan fingerprint density at radius 2 is 2.00 bits per heavy atom. The fraction of sp³-hybridized carbons (Fsp3) is 0.588. The van der Waals surface area contributed by atoms with E-state index in [1.54, 1.807) is 0 Å². The lowest BCUT2D eigenvalue weighted by Gasteiger charge is -2.27. The molecule has 0 aromatic heterocycles. The molecule has 2 aliphatic rings. The predicted molar refractivity (Wildman–Crippen MR) is 76.9 cm³/mol. The number of hydrogen-bond acceptors (Lipinski definition) is 2. The number of ketones is 1. The highest BCUT2D eigenvalue weighted by molar-refractivity contribution is 5.85. The predicted octanol–water partition coefficient (Wildman–Crippen LogP) is 2.79. The third-order valence-electron chi connectivity index (χ3n) is 5.22. The van der Waals surface area contributed by atoms with Gasteiger partial charge < -0.3 is 5.73 Å². The number of aryl methyl sites for hydroxylation is 2. The zero-order valence-electron chi connectivity index (χ0n) is 11.9. The van der Waals surface area contributed by atoms with E-state index in [1.807, 2.05) is 0 Å². The molecular weight excluding hydrogens is 234 g/mol. The third-order valence-corrected chi connectivity index (χ3v) is 5.22. The second-order valence-electron chi connectivity index (χ2n) is 6.51. The molecule has 2 bridgehead atoms. The molecule has 2 nitrogen and oxygen atoms in total. The Balaban J connectivity index is 1.77. The van der Waals surface area contributed by atoms with E-state index in [0.717, 1.165) is 0 Å². The number of nitrogens with two attached hydrogens (primary N) is 1. The maximum atomic E-state index is 12.6. The van der Waals surface area contributed by atoms with E-state index < -0.39 is 0 Å². The van der Waals surface area contributed by atoms with Crippen molar-refractivity contribution in [3.63, 3.8) is 0 Å². The van der Waals surface area contributed by atoms with Gasteiger partial charge in [0.05, 0.1) is 0 Å². The normalized spacial score (nSPS) is 32.8. The van der Waals surface area contributed by atoms with Crippen molar-refractivity contribution in [2.24, 2.45) is 23.5 Å². The molecule has 4 atom stereocenters. The number of fused-ring (bicyclic) bond motifs is 2. The molecule has 2 aliphatic carbocycles.